The topological polar surface area (TPSA) is 95.3 Å². The maximum atomic E-state index is 12.3. The van der Waals surface area contributed by atoms with Crippen molar-refractivity contribution in [2.75, 3.05) is 20.3 Å². The third-order valence-corrected chi connectivity index (χ3v) is 3.45. The molecule has 134 valence electrons. The van der Waals surface area contributed by atoms with Crippen molar-refractivity contribution in [2.24, 2.45) is 0 Å². The van der Waals surface area contributed by atoms with E-state index in [1.807, 2.05) is 13.0 Å². The average molecular weight is 346 g/mol. The van der Waals surface area contributed by atoms with Gasteiger partial charge in [-0.05, 0) is 25.5 Å². The van der Waals surface area contributed by atoms with E-state index in [9.17, 15) is 9.59 Å². The molecular weight excluding hydrogens is 324 g/mol. The van der Waals surface area contributed by atoms with Crippen molar-refractivity contribution >= 4 is 11.9 Å². The van der Waals surface area contributed by atoms with Crippen molar-refractivity contribution in [3.8, 4) is 5.82 Å². The fourth-order valence-electron chi connectivity index (χ4n) is 2.38. The number of methoxy groups -OCH3 is 1. The SMILES string of the molecule is CCc1c(C(=O)OCC(=O)NC(C)COC)cnn1-c1ccccn1. The predicted molar refractivity (Wildman–Crippen MR) is 90.5 cm³/mol. The highest BCUT2D eigenvalue weighted by molar-refractivity contribution is 5.92. The Morgan fingerprint density at radius 3 is 2.80 bits per heavy atom. The summed E-state index contributed by atoms with van der Waals surface area (Å²) in [5, 5.41) is 6.89. The monoisotopic (exact) mass is 346 g/mol. The molecular formula is C17H22N4O4. The number of esters is 1. The van der Waals surface area contributed by atoms with E-state index in [2.05, 4.69) is 15.4 Å². The van der Waals surface area contributed by atoms with Crippen molar-refractivity contribution in [3.05, 3.63) is 41.9 Å². The van der Waals surface area contributed by atoms with E-state index in [0.29, 0.717) is 30.1 Å². The Morgan fingerprint density at radius 2 is 2.16 bits per heavy atom. The van der Waals surface area contributed by atoms with Crippen LogP contribution in [0, 0.1) is 0 Å². The summed E-state index contributed by atoms with van der Waals surface area (Å²) in [6.07, 6.45) is 3.65. The number of carbonyl (C=O) groups excluding carboxylic acids is 2. The summed E-state index contributed by atoms with van der Waals surface area (Å²) in [5.41, 5.74) is 1.00. The molecule has 0 spiro atoms. The zero-order chi connectivity index (χ0) is 18.2. The number of hydrogen-bond acceptors (Lipinski definition) is 6. The number of rotatable bonds is 8. The van der Waals surface area contributed by atoms with Crippen LogP contribution in [0.2, 0.25) is 0 Å². The summed E-state index contributed by atoms with van der Waals surface area (Å²) < 4.78 is 11.6. The van der Waals surface area contributed by atoms with Crippen LogP contribution in [-0.4, -0.2) is 53.0 Å². The van der Waals surface area contributed by atoms with Crippen LogP contribution in [0.3, 0.4) is 0 Å². The number of hydrogen-bond donors (Lipinski definition) is 1. The molecule has 0 bridgehead atoms. The van der Waals surface area contributed by atoms with Crippen LogP contribution in [0.15, 0.2) is 30.6 Å². The molecule has 0 aliphatic heterocycles. The van der Waals surface area contributed by atoms with Crippen molar-refractivity contribution in [1.82, 2.24) is 20.1 Å². The van der Waals surface area contributed by atoms with Crippen LogP contribution in [-0.2, 0) is 20.7 Å². The Hall–Kier alpha value is -2.74. The van der Waals surface area contributed by atoms with Gasteiger partial charge in [-0.3, -0.25) is 4.79 Å². The number of amides is 1. The maximum absolute atomic E-state index is 12.3. The minimum atomic E-state index is -0.589. The van der Waals surface area contributed by atoms with Crippen LogP contribution in [0.25, 0.3) is 5.82 Å². The van der Waals surface area contributed by atoms with E-state index in [1.165, 1.54) is 6.20 Å². The Bertz CT molecular complexity index is 715. The average Bonchev–Trinajstić information content (AvgIpc) is 3.04. The summed E-state index contributed by atoms with van der Waals surface area (Å²) >= 11 is 0. The molecule has 8 heteroatoms. The van der Waals surface area contributed by atoms with Gasteiger partial charge < -0.3 is 14.8 Å². The highest BCUT2D eigenvalue weighted by Crippen LogP contribution is 2.15. The standard InChI is InChI=1S/C17H22N4O4/c1-4-14-13(9-19-21(14)15-7-5-6-8-18-15)17(23)25-11-16(22)20-12(2)10-24-3/h5-9,12H,4,10-11H2,1-3H3,(H,20,22). The fourth-order valence-corrected chi connectivity index (χ4v) is 2.38. The first-order valence-corrected chi connectivity index (χ1v) is 8.00. The zero-order valence-electron chi connectivity index (χ0n) is 14.6. The summed E-state index contributed by atoms with van der Waals surface area (Å²) in [6.45, 7) is 3.74. The van der Waals surface area contributed by atoms with Gasteiger partial charge in [0.05, 0.1) is 18.5 Å². The molecule has 2 rings (SSSR count). The van der Waals surface area contributed by atoms with E-state index in [4.69, 9.17) is 9.47 Å². The van der Waals surface area contributed by atoms with Gasteiger partial charge in [-0.25, -0.2) is 14.5 Å². The van der Waals surface area contributed by atoms with Gasteiger partial charge in [0.2, 0.25) is 0 Å². The van der Waals surface area contributed by atoms with E-state index in [1.54, 1.807) is 37.0 Å². The minimum absolute atomic E-state index is 0.158. The number of pyridine rings is 1. The van der Waals surface area contributed by atoms with E-state index >= 15 is 0 Å². The largest absolute Gasteiger partial charge is 0.452 e. The number of ether oxygens (including phenoxy) is 2. The Labute approximate surface area is 146 Å². The summed E-state index contributed by atoms with van der Waals surface area (Å²) in [7, 11) is 1.55. The van der Waals surface area contributed by atoms with Gasteiger partial charge in [0.25, 0.3) is 5.91 Å². The van der Waals surface area contributed by atoms with Gasteiger partial charge in [-0.15, -0.1) is 0 Å². The molecule has 2 heterocycles. The molecule has 0 aromatic carbocycles. The predicted octanol–water partition coefficient (Wildman–Crippen LogP) is 1.14. The number of aromatic nitrogens is 3. The summed E-state index contributed by atoms with van der Waals surface area (Å²) in [6, 6.07) is 5.28. The quantitative estimate of drug-likeness (QED) is 0.720. The van der Waals surface area contributed by atoms with Gasteiger partial charge in [-0.1, -0.05) is 13.0 Å². The molecule has 1 atom stereocenters. The first-order valence-electron chi connectivity index (χ1n) is 8.00. The van der Waals surface area contributed by atoms with Crippen molar-refractivity contribution in [3.63, 3.8) is 0 Å². The second kappa shape index (κ2) is 8.93. The lowest BCUT2D eigenvalue weighted by Crippen LogP contribution is -2.38. The van der Waals surface area contributed by atoms with Crippen molar-refractivity contribution in [1.29, 1.82) is 0 Å². The Morgan fingerprint density at radius 1 is 1.36 bits per heavy atom. The van der Waals surface area contributed by atoms with Gasteiger partial charge in [-0.2, -0.15) is 5.10 Å². The normalized spacial score (nSPS) is 11.8. The first-order chi connectivity index (χ1) is 12.1. The van der Waals surface area contributed by atoms with Crippen molar-refractivity contribution in [2.45, 2.75) is 26.3 Å². The lowest BCUT2D eigenvalue weighted by Gasteiger charge is -2.12. The summed E-state index contributed by atoms with van der Waals surface area (Å²) in [4.78, 5) is 28.3. The molecule has 0 radical (unpaired) electrons. The molecule has 0 aliphatic rings. The molecule has 0 fully saturated rings. The highest BCUT2D eigenvalue weighted by atomic mass is 16.5. The number of nitrogens with zero attached hydrogens (tertiary/aromatic N) is 3. The summed E-state index contributed by atoms with van der Waals surface area (Å²) in [5.74, 6) is -0.355. The zero-order valence-corrected chi connectivity index (χ0v) is 14.6. The molecule has 25 heavy (non-hydrogen) atoms. The lowest BCUT2D eigenvalue weighted by molar-refractivity contribution is -0.125. The molecule has 0 aliphatic carbocycles. The number of nitrogens with one attached hydrogen (secondary N) is 1. The minimum Gasteiger partial charge on any atom is -0.452 e. The van der Waals surface area contributed by atoms with Crippen LogP contribution < -0.4 is 5.32 Å². The lowest BCUT2D eigenvalue weighted by atomic mass is 10.2. The van der Waals surface area contributed by atoms with Crippen molar-refractivity contribution < 1.29 is 19.1 Å². The van der Waals surface area contributed by atoms with Crippen LogP contribution in [0.4, 0.5) is 0 Å². The van der Waals surface area contributed by atoms with E-state index in [-0.39, 0.29) is 18.6 Å². The number of carbonyl (C=O) groups is 2. The molecule has 1 amide bonds. The molecule has 2 aromatic rings. The second-order valence-electron chi connectivity index (χ2n) is 5.46. The Kier molecular flexibility index (Phi) is 6.64. The molecule has 8 nitrogen and oxygen atoms in total. The van der Waals surface area contributed by atoms with E-state index in [0.717, 1.165) is 0 Å². The molecule has 1 N–H and O–H groups in total. The molecule has 1 unspecified atom stereocenters. The third kappa shape index (κ3) is 4.87. The van der Waals surface area contributed by atoms with Crippen LogP contribution in [0.5, 0.6) is 0 Å². The van der Waals surface area contributed by atoms with Gasteiger partial charge in [0, 0.05) is 19.3 Å². The molecule has 2 aromatic heterocycles. The fraction of sp³-hybridized carbons (Fsp3) is 0.412. The van der Waals surface area contributed by atoms with Crippen LogP contribution in [0.1, 0.15) is 29.9 Å². The van der Waals surface area contributed by atoms with Crippen LogP contribution >= 0.6 is 0 Å². The highest BCUT2D eigenvalue weighted by Gasteiger charge is 2.20. The molecule has 0 saturated carbocycles. The second-order valence-corrected chi connectivity index (χ2v) is 5.46. The van der Waals surface area contributed by atoms with Gasteiger partial charge in [0.15, 0.2) is 12.4 Å². The third-order valence-electron chi connectivity index (χ3n) is 3.45. The molecule has 0 saturated heterocycles. The maximum Gasteiger partial charge on any atom is 0.342 e. The smallest absolute Gasteiger partial charge is 0.342 e. The van der Waals surface area contributed by atoms with E-state index < -0.39 is 5.97 Å². The van der Waals surface area contributed by atoms with Gasteiger partial charge in [0.1, 0.15) is 5.56 Å². The first kappa shape index (κ1) is 18.6. The van der Waals surface area contributed by atoms with Gasteiger partial charge >= 0.3 is 5.97 Å². The Balaban J connectivity index is 2.03.